The molecule has 4 aliphatic rings. The predicted octanol–water partition coefficient (Wildman–Crippen LogP) is 3.29. The quantitative estimate of drug-likeness (QED) is 0.803. The van der Waals surface area contributed by atoms with E-state index in [0.717, 1.165) is 38.5 Å². The molecule has 4 fully saturated rings. The third-order valence-electron chi connectivity index (χ3n) is 9.29. The summed E-state index contributed by atoms with van der Waals surface area (Å²) in [6.07, 6.45) is 5.10. The molecule has 4 rings (SSSR count). The van der Waals surface area contributed by atoms with Gasteiger partial charge in [0.05, 0.1) is 24.7 Å². The van der Waals surface area contributed by atoms with Crippen molar-refractivity contribution < 1.29 is 19.4 Å². The number of hydrogen-bond donors (Lipinski definition) is 1. The Morgan fingerprint density at radius 2 is 2.00 bits per heavy atom. The largest absolute Gasteiger partial charge is 0.390 e. The Balaban J connectivity index is 1.65. The molecule has 0 spiro atoms. The highest BCUT2D eigenvalue weighted by Gasteiger charge is 2.64. The molecular formula is C23H33NO4. The SMILES string of the molecule is CO[C@H]1C[C@@]2(C)[C@@H](CC[C@H]3[C@@H]4CC[C@H](C(=O)CC#N)[C@@]4(C)CC(=O)[C@@H]32)C[C@@H]1O. The number of nitrogens with zero attached hydrogens (tertiary/aromatic N) is 1. The molecule has 0 bridgehead atoms. The molecule has 9 atom stereocenters. The highest BCUT2D eigenvalue weighted by molar-refractivity contribution is 5.88. The van der Waals surface area contributed by atoms with Gasteiger partial charge in [-0.3, -0.25) is 9.59 Å². The second-order valence-electron chi connectivity index (χ2n) is 10.4. The van der Waals surface area contributed by atoms with E-state index in [-0.39, 0.29) is 41.0 Å². The average Bonchev–Trinajstić information content (AvgIpc) is 2.98. The normalized spacial score (nSPS) is 50.2. The van der Waals surface area contributed by atoms with Crippen LogP contribution in [0.1, 0.15) is 65.2 Å². The lowest BCUT2D eigenvalue weighted by Gasteiger charge is -2.60. The van der Waals surface area contributed by atoms with Gasteiger partial charge >= 0.3 is 0 Å². The van der Waals surface area contributed by atoms with Crippen molar-refractivity contribution in [3.8, 4) is 6.07 Å². The number of ketones is 2. The van der Waals surface area contributed by atoms with E-state index in [2.05, 4.69) is 13.8 Å². The molecule has 28 heavy (non-hydrogen) atoms. The Bertz CT molecular complexity index is 714. The van der Waals surface area contributed by atoms with E-state index in [0.29, 0.717) is 30.0 Å². The number of hydrogen-bond acceptors (Lipinski definition) is 5. The molecule has 0 aliphatic heterocycles. The predicted molar refractivity (Wildman–Crippen MR) is 103 cm³/mol. The molecule has 0 radical (unpaired) electrons. The van der Waals surface area contributed by atoms with E-state index in [4.69, 9.17) is 10.00 Å². The summed E-state index contributed by atoms with van der Waals surface area (Å²) in [6.45, 7) is 4.38. The monoisotopic (exact) mass is 387 g/mol. The smallest absolute Gasteiger partial charge is 0.150 e. The van der Waals surface area contributed by atoms with Gasteiger partial charge in [-0.05, 0) is 67.1 Å². The third-order valence-corrected chi connectivity index (χ3v) is 9.29. The van der Waals surface area contributed by atoms with Crippen LogP contribution in [0, 0.1) is 51.8 Å². The standard InChI is InChI=1S/C23H33NO4/c1-22-12-20(28-3)18(26)10-13(22)4-5-14-15-6-7-16(17(25)8-9-24)23(15,2)11-19(27)21(14)22/h13-16,18,20-21,26H,4-8,10-12H2,1-3H3/t13-,14-,15-,16+,18-,20-,21+,22-,23-/m0/s1. The molecule has 4 aliphatic carbocycles. The number of rotatable bonds is 3. The highest BCUT2D eigenvalue weighted by Crippen LogP contribution is 2.66. The van der Waals surface area contributed by atoms with Crippen LogP contribution >= 0.6 is 0 Å². The van der Waals surface area contributed by atoms with Crippen LogP contribution in [0.4, 0.5) is 0 Å². The minimum atomic E-state index is -0.442. The van der Waals surface area contributed by atoms with Gasteiger partial charge in [0.15, 0.2) is 5.78 Å². The van der Waals surface area contributed by atoms with Crippen molar-refractivity contribution >= 4 is 11.6 Å². The van der Waals surface area contributed by atoms with Crippen LogP contribution in [0.15, 0.2) is 0 Å². The molecule has 4 saturated carbocycles. The molecule has 0 unspecified atom stereocenters. The van der Waals surface area contributed by atoms with Crippen LogP contribution < -0.4 is 0 Å². The first-order valence-corrected chi connectivity index (χ1v) is 10.9. The van der Waals surface area contributed by atoms with E-state index in [9.17, 15) is 14.7 Å². The van der Waals surface area contributed by atoms with Crippen molar-refractivity contribution in [3.05, 3.63) is 0 Å². The zero-order valence-corrected chi connectivity index (χ0v) is 17.3. The summed E-state index contributed by atoms with van der Waals surface area (Å²) in [5, 5.41) is 19.4. The summed E-state index contributed by atoms with van der Waals surface area (Å²) >= 11 is 0. The molecule has 0 heterocycles. The van der Waals surface area contributed by atoms with Gasteiger partial charge in [0.1, 0.15) is 5.78 Å². The maximum Gasteiger partial charge on any atom is 0.150 e. The van der Waals surface area contributed by atoms with Crippen molar-refractivity contribution in [2.45, 2.75) is 77.4 Å². The average molecular weight is 388 g/mol. The summed E-state index contributed by atoms with van der Waals surface area (Å²) in [4.78, 5) is 26.2. The Hall–Kier alpha value is -1.25. The number of methoxy groups -OCH3 is 1. The third kappa shape index (κ3) is 2.71. The lowest BCUT2D eigenvalue weighted by Crippen LogP contribution is -2.60. The lowest BCUT2D eigenvalue weighted by atomic mass is 9.44. The minimum Gasteiger partial charge on any atom is -0.390 e. The van der Waals surface area contributed by atoms with Crippen LogP contribution in [0.2, 0.25) is 0 Å². The molecule has 0 saturated heterocycles. The van der Waals surface area contributed by atoms with Gasteiger partial charge in [-0.2, -0.15) is 5.26 Å². The van der Waals surface area contributed by atoms with Gasteiger partial charge in [0.2, 0.25) is 0 Å². The molecule has 0 aromatic rings. The van der Waals surface area contributed by atoms with E-state index >= 15 is 0 Å². The van der Waals surface area contributed by atoms with Crippen molar-refractivity contribution in [1.29, 1.82) is 5.26 Å². The van der Waals surface area contributed by atoms with Gasteiger partial charge in [-0.15, -0.1) is 0 Å². The number of fused-ring (bicyclic) bond motifs is 5. The Morgan fingerprint density at radius 3 is 2.68 bits per heavy atom. The first-order valence-electron chi connectivity index (χ1n) is 10.9. The molecule has 0 amide bonds. The number of Topliss-reactive ketones (excluding diaryl/α,β-unsaturated/α-hetero) is 2. The van der Waals surface area contributed by atoms with Gasteiger partial charge < -0.3 is 9.84 Å². The molecule has 154 valence electrons. The van der Waals surface area contributed by atoms with Gasteiger partial charge in [-0.25, -0.2) is 0 Å². The van der Waals surface area contributed by atoms with Gasteiger partial charge in [-0.1, -0.05) is 13.8 Å². The first-order chi connectivity index (χ1) is 13.3. The molecule has 5 heteroatoms. The summed E-state index contributed by atoms with van der Waals surface area (Å²) in [5.74, 6) is 1.26. The fourth-order valence-corrected chi connectivity index (χ4v) is 8.04. The Kier molecular flexibility index (Phi) is 4.95. The fraction of sp³-hybridized carbons (Fsp3) is 0.870. The van der Waals surface area contributed by atoms with E-state index < -0.39 is 6.10 Å². The van der Waals surface area contributed by atoms with Crippen molar-refractivity contribution in [2.75, 3.05) is 7.11 Å². The minimum absolute atomic E-state index is 0.0132. The Labute approximate surface area is 167 Å². The zero-order chi connectivity index (χ0) is 20.3. The second-order valence-corrected chi connectivity index (χ2v) is 10.4. The van der Waals surface area contributed by atoms with Crippen LogP contribution in [0.25, 0.3) is 0 Å². The summed E-state index contributed by atoms with van der Waals surface area (Å²) < 4.78 is 5.58. The lowest BCUT2D eigenvalue weighted by molar-refractivity contribution is -0.176. The van der Waals surface area contributed by atoms with E-state index in [1.807, 2.05) is 6.07 Å². The number of nitriles is 1. The molecule has 1 N–H and O–H groups in total. The summed E-state index contributed by atoms with van der Waals surface area (Å²) in [5.41, 5.74) is -0.416. The van der Waals surface area contributed by atoms with Crippen LogP contribution in [0.3, 0.4) is 0 Å². The number of carbonyl (C=O) groups excluding carboxylic acids is 2. The van der Waals surface area contributed by atoms with Crippen LogP contribution in [-0.2, 0) is 14.3 Å². The maximum atomic E-state index is 13.6. The first kappa shape index (κ1) is 20.0. The number of ether oxygens (including phenoxy) is 1. The topological polar surface area (TPSA) is 87.4 Å². The zero-order valence-electron chi connectivity index (χ0n) is 17.3. The molecule has 5 nitrogen and oxygen atoms in total. The maximum absolute atomic E-state index is 13.6. The van der Waals surface area contributed by atoms with E-state index in [1.54, 1.807) is 7.11 Å². The van der Waals surface area contributed by atoms with Gasteiger partial charge in [0.25, 0.3) is 0 Å². The second kappa shape index (κ2) is 6.92. The highest BCUT2D eigenvalue weighted by atomic mass is 16.5. The fourth-order valence-electron chi connectivity index (χ4n) is 8.04. The van der Waals surface area contributed by atoms with Crippen LogP contribution in [-0.4, -0.2) is 36.0 Å². The van der Waals surface area contributed by atoms with Crippen molar-refractivity contribution in [1.82, 2.24) is 0 Å². The van der Waals surface area contributed by atoms with Gasteiger partial charge in [0, 0.05) is 25.4 Å². The molecular weight excluding hydrogens is 354 g/mol. The summed E-state index contributed by atoms with van der Waals surface area (Å²) in [6, 6.07) is 2.01. The van der Waals surface area contributed by atoms with Crippen LogP contribution in [0.5, 0.6) is 0 Å². The number of carbonyl (C=O) groups is 2. The number of aliphatic hydroxyl groups is 1. The summed E-state index contributed by atoms with van der Waals surface area (Å²) in [7, 11) is 1.65. The molecule has 0 aromatic carbocycles. The Morgan fingerprint density at radius 1 is 1.25 bits per heavy atom. The van der Waals surface area contributed by atoms with Crippen molar-refractivity contribution in [2.24, 2.45) is 40.4 Å². The van der Waals surface area contributed by atoms with Crippen molar-refractivity contribution in [3.63, 3.8) is 0 Å². The van der Waals surface area contributed by atoms with E-state index in [1.165, 1.54) is 0 Å². The number of aliphatic hydroxyl groups excluding tert-OH is 1. The molecule has 0 aromatic heterocycles.